The number of fused-ring (bicyclic) bond motifs is 1. The largest absolute Gasteiger partial charge is 0.388 e. The van der Waals surface area contributed by atoms with Crippen molar-refractivity contribution in [2.45, 2.75) is 19.3 Å². The Hall–Kier alpha value is -2.55. The van der Waals surface area contributed by atoms with Crippen molar-refractivity contribution in [1.82, 2.24) is 0 Å². The van der Waals surface area contributed by atoms with Gasteiger partial charge in [-0.25, -0.2) is 0 Å². The number of hydrogen-bond donors (Lipinski definition) is 1. The Morgan fingerprint density at radius 3 is 2.57 bits per heavy atom. The lowest BCUT2D eigenvalue weighted by atomic mass is 9.92. The van der Waals surface area contributed by atoms with E-state index in [2.05, 4.69) is 24.9 Å². The van der Waals surface area contributed by atoms with E-state index in [1.54, 1.807) is 0 Å². The predicted molar refractivity (Wildman–Crippen MR) is 96.3 cm³/mol. The fraction of sp³-hybridized carbons (Fsp3) is 0.250. The summed E-state index contributed by atoms with van der Waals surface area (Å²) in [7, 11) is 1.87. The molecular weight excluding hydrogens is 284 g/mol. The number of carbonyl (C=O) groups is 1. The van der Waals surface area contributed by atoms with Crippen molar-refractivity contribution in [3.05, 3.63) is 71.8 Å². The third kappa shape index (κ3) is 2.87. The van der Waals surface area contributed by atoms with Crippen LogP contribution in [0.2, 0.25) is 0 Å². The van der Waals surface area contributed by atoms with E-state index in [0.717, 1.165) is 17.8 Å². The second-order valence-electron chi connectivity index (χ2n) is 5.97. The van der Waals surface area contributed by atoms with Crippen LogP contribution in [0.5, 0.6) is 0 Å². The molecule has 1 aliphatic heterocycles. The van der Waals surface area contributed by atoms with Crippen LogP contribution in [0.3, 0.4) is 0 Å². The van der Waals surface area contributed by atoms with Gasteiger partial charge in [-0.15, -0.1) is 0 Å². The van der Waals surface area contributed by atoms with E-state index in [1.165, 1.54) is 11.1 Å². The first-order valence-corrected chi connectivity index (χ1v) is 7.98. The van der Waals surface area contributed by atoms with Gasteiger partial charge in [0, 0.05) is 36.4 Å². The molecule has 0 spiro atoms. The number of hydrogen-bond acceptors (Lipinski definition) is 2. The Balaban J connectivity index is 1.99. The lowest BCUT2D eigenvalue weighted by Crippen LogP contribution is -2.31. The molecule has 1 aliphatic rings. The van der Waals surface area contributed by atoms with E-state index >= 15 is 0 Å². The number of carbonyl (C=O) groups excluding carboxylic acids is 1. The monoisotopic (exact) mass is 306 g/mol. The second-order valence-corrected chi connectivity index (χ2v) is 5.97. The van der Waals surface area contributed by atoms with Gasteiger partial charge in [0.05, 0.1) is 0 Å². The molecule has 1 atom stereocenters. The first kappa shape index (κ1) is 15.3. The summed E-state index contributed by atoms with van der Waals surface area (Å²) in [5.74, 6) is 0.317. The zero-order chi connectivity index (χ0) is 16.4. The summed E-state index contributed by atoms with van der Waals surface area (Å²) < 4.78 is 0. The highest BCUT2D eigenvalue weighted by Crippen LogP contribution is 2.37. The highest BCUT2D eigenvalue weighted by molar-refractivity contribution is 6.06. The van der Waals surface area contributed by atoms with E-state index in [9.17, 15) is 4.79 Å². The number of anilines is 2. The number of benzene rings is 2. The summed E-state index contributed by atoms with van der Waals surface area (Å²) in [5.41, 5.74) is 5.06. The van der Waals surface area contributed by atoms with Gasteiger partial charge in [-0.2, -0.15) is 0 Å². The lowest BCUT2D eigenvalue weighted by Gasteiger charge is -2.23. The lowest BCUT2D eigenvalue weighted by molar-refractivity contribution is 0.0987. The van der Waals surface area contributed by atoms with Crippen LogP contribution in [0.15, 0.2) is 60.7 Å². The van der Waals surface area contributed by atoms with Gasteiger partial charge in [-0.3, -0.25) is 4.79 Å². The summed E-state index contributed by atoms with van der Waals surface area (Å²) in [5, 5.41) is 3.07. The van der Waals surface area contributed by atoms with Crippen LogP contribution in [0.25, 0.3) is 0 Å². The average Bonchev–Trinajstić information content (AvgIpc) is 2.72. The van der Waals surface area contributed by atoms with Crippen molar-refractivity contribution >= 4 is 17.3 Å². The third-order valence-electron chi connectivity index (χ3n) is 4.63. The fourth-order valence-electron chi connectivity index (χ4n) is 3.06. The summed E-state index contributed by atoms with van der Waals surface area (Å²) >= 11 is 0. The molecule has 0 radical (unpaired) electrons. The first-order chi connectivity index (χ1) is 11.1. The zero-order valence-corrected chi connectivity index (χ0v) is 13.7. The van der Waals surface area contributed by atoms with E-state index in [4.69, 9.17) is 0 Å². The maximum atomic E-state index is 13.0. The first-order valence-electron chi connectivity index (χ1n) is 7.98. The molecule has 0 fully saturated rings. The molecule has 2 aromatic rings. The fourth-order valence-corrected chi connectivity index (χ4v) is 3.06. The Labute approximate surface area is 137 Å². The molecule has 23 heavy (non-hydrogen) atoms. The van der Waals surface area contributed by atoms with Crippen LogP contribution in [-0.2, 0) is 0 Å². The smallest absolute Gasteiger partial charge is 0.258 e. The maximum absolute atomic E-state index is 13.0. The molecule has 3 heteroatoms. The Kier molecular flexibility index (Phi) is 4.20. The normalized spacial score (nSPS) is 17.4. The van der Waals surface area contributed by atoms with E-state index in [-0.39, 0.29) is 11.8 Å². The molecule has 3 rings (SSSR count). The van der Waals surface area contributed by atoms with Crippen LogP contribution >= 0.6 is 0 Å². The Morgan fingerprint density at radius 2 is 1.87 bits per heavy atom. The SMILES string of the molecule is C=C1CCN(C(=O)c2ccc(NC)cc2)c2ccccc2C1C. The topological polar surface area (TPSA) is 32.3 Å². The minimum atomic E-state index is 0.0435. The van der Waals surface area contributed by atoms with Gasteiger partial charge in [0.15, 0.2) is 0 Å². The number of nitrogens with one attached hydrogen (secondary N) is 1. The molecule has 0 saturated heterocycles. The van der Waals surface area contributed by atoms with Crippen LogP contribution in [-0.4, -0.2) is 19.5 Å². The van der Waals surface area contributed by atoms with Gasteiger partial charge in [0.25, 0.3) is 5.91 Å². The molecular formula is C20H22N2O. The van der Waals surface area contributed by atoms with Crippen LogP contribution < -0.4 is 10.2 Å². The average molecular weight is 306 g/mol. The van der Waals surface area contributed by atoms with Gasteiger partial charge in [0.1, 0.15) is 0 Å². The molecule has 2 aromatic carbocycles. The van der Waals surface area contributed by atoms with Crippen molar-refractivity contribution in [1.29, 1.82) is 0 Å². The minimum Gasteiger partial charge on any atom is -0.388 e. The molecule has 1 N–H and O–H groups in total. The predicted octanol–water partition coefficient (Wildman–Crippen LogP) is 4.44. The van der Waals surface area contributed by atoms with E-state index < -0.39 is 0 Å². The van der Waals surface area contributed by atoms with Crippen LogP contribution in [0.1, 0.15) is 35.2 Å². The molecule has 118 valence electrons. The zero-order valence-electron chi connectivity index (χ0n) is 13.7. The Bertz CT molecular complexity index is 734. The van der Waals surface area contributed by atoms with E-state index in [1.807, 2.05) is 54.4 Å². The molecule has 0 saturated carbocycles. The summed E-state index contributed by atoms with van der Waals surface area (Å²) in [6, 6.07) is 15.8. The molecule has 0 aliphatic carbocycles. The quantitative estimate of drug-likeness (QED) is 0.832. The van der Waals surface area contributed by atoms with Crippen LogP contribution in [0.4, 0.5) is 11.4 Å². The van der Waals surface area contributed by atoms with Gasteiger partial charge in [0.2, 0.25) is 0 Å². The van der Waals surface area contributed by atoms with Gasteiger partial charge >= 0.3 is 0 Å². The van der Waals surface area contributed by atoms with Crippen molar-refractivity contribution in [2.75, 3.05) is 23.8 Å². The third-order valence-corrected chi connectivity index (χ3v) is 4.63. The number of amides is 1. The molecule has 3 nitrogen and oxygen atoms in total. The number of rotatable bonds is 2. The molecule has 1 unspecified atom stereocenters. The maximum Gasteiger partial charge on any atom is 0.258 e. The van der Waals surface area contributed by atoms with Gasteiger partial charge in [-0.05, 0) is 42.3 Å². The molecule has 0 aromatic heterocycles. The molecule has 1 amide bonds. The van der Waals surface area contributed by atoms with Crippen molar-refractivity contribution in [3.63, 3.8) is 0 Å². The standard InChI is InChI=1S/C20H22N2O/c1-14-12-13-22(19-7-5-4-6-18(19)15(14)2)20(23)16-8-10-17(21-3)11-9-16/h4-11,15,21H,1,12-13H2,2-3H3. The van der Waals surface area contributed by atoms with Gasteiger partial charge in [-0.1, -0.05) is 37.3 Å². The minimum absolute atomic E-state index is 0.0435. The summed E-state index contributed by atoms with van der Waals surface area (Å²) in [4.78, 5) is 14.9. The Morgan fingerprint density at radius 1 is 1.17 bits per heavy atom. The molecule has 0 bridgehead atoms. The highest BCUT2D eigenvalue weighted by atomic mass is 16.2. The highest BCUT2D eigenvalue weighted by Gasteiger charge is 2.26. The van der Waals surface area contributed by atoms with Crippen molar-refractivity contribution in [2.24, 2.45) is 0 Å². The van der Waals surface area contributed by atoms with Crippen LogP contribution in [0, 0.1) is 0 Å². The second kappa shape index (κ2) is 6.29. The van der Waals surface area contributed by atoms with Crippen molar-refractivity contribution in [3.8, 4) is 0 Å². The van der Waals surface area contributed by atoms with Gasteiger partial charge < -0.3 is 10.2 Å². The van der Waals surface area contributed by atoms with Crippen molar-refractivity contribution < 1.29 is 4.79 Å². The summed E-state index contributed by atoms with van der Waals surface area (Å²) in [6.45, 7) is 7.03. The number of nitrogens with zero attached hydrogens (tertiary/aromatic N) is 1. The summed E-state index contributed by atoms with van der Waals surface area (Å²) in [6.07, 6.45) is 0.830. The molecule has 1 heterocycles. The number of para-hydroxylation sites is 1. The van der Waals surface area contributed by atoms with E-state index in [0.29, 0.717) is 12.1 Å².